The lowest BCUT2D eigenvalue weighted by molar-refractivity contribution is -0.138. The molecule has 4 aromatic carbocycles. The maximum atomic E-state index is 12.5. The summed E-state index contributed by atoms with van der Waals surface area (Å²) in [6.45, 7) is 3.17. The van der Waals surface area contributed by atoms with E-state index in [2.05, 4.69) is 22.8 Å². The van der Waals surface area contributed by atoms with Gasteiger partial charge in [-0.15, -0.1) is 0 Å². The number of benzene rings is 4. The molecule has 3 aliphatic heterocycles. The molecule has 0 spiro atoms. The molecule has 9 rings (SSSR count). The van der Waals surface area contributed by atoms with Crippen molar-refractivity contribution in [3.05, 3.63) is 100 Å². The van der Waals surface area contributed by atoms with Crippen LogP contribution >= 0.6 is 0 Å². The van der Waals surface area contributed by atoms with Gasteiger partial charge in [-0.3, -0.25) is 19.8 Å². The topological polar surface area (TPSA) is 189 Å². The minimum absolute atomic E-state index is 0.00515. The molecule has 1 saturated carbocycles. The van der Waals surface area contributed by atoms with E-state index in [9.17, 15) is 30.0 Å². The molecule has 4 aromatic rings. The van der Waals surface area contributed by atoms with Crippen molar-refractivity contribution in [2.75, 3.05) is 59.2 Å². The Bertz CT molecular complexity index is 2420. The van der Waals surface area contributed by atoms with Gasteiger partial charge in [-0.1, -0.05) is 43.7 Å². The molecule has 63 heavy (non-hydrogen) atoms. The Hall–Kier alpha value is -5.80. The highest BCUT2D eigenvalue weighted by Gasteiger charge is 2.46. The Labute approximate surface area is 366 Å². The van der Waals surface area contributed by atoms with E-state index in [0.29, 0.717) is 72.0 Å². The highest BCUT2D eigenvalue weighted by atomic mass is 16.5. The van der Waals surface area contributed by atoms with Crippen LogP contribution in [0.25, 0.3) is 11.1 Å². The number of aromatic hydroxyl groups is 1. The van der Waals surface area contributed by atoms with E-state index in [0.717, 1.165) is 47.1 Å². The van der Waals surface area contributed by atoms with Crippen molar-refractivity contribution in [1.29, 1.82) is 0 Å². The molecule has 2 aliphatic carbocycles. The van der Waals surface area contributed by atoms with Gasteiger partial charge in [0.25, 0.3) is 11.8 Å². The summed E-state index contributed by atoms with van der Waals surface area (Å²) < 4.78 is 30.6. The van der Waals surface area contributed by atoms with E-state index in [1.54, 1.807) is 19.2 Å². The van der Waals surface area contributed by atoms with Crippen molar-refractivity contribution in [2.24, 2.45) is 11.8 Å². The molecule has 6 N–H and O–H groups in total. The van der Waals surface area contributed by atoms with Gasteiger partial charge in [0.15, 0.2) is 17.7 Å². The number of nitrogens with one attached hydrogen (secondary N) is 2. The summed E-state index contributed by atoms with van der Waals surface area (Å²) in [5.74, 6) is 0.123. The molecular formula is C49H55N3O11. The number of imide groups is 1. The van der Waals surface area contributed by atoms with Gasteiger partial charge in [-0.2, -0.15) is 0 Å². The van der Waals surface area contributed by atoms with E-state index >= 15 is 0 Å². The highest BCUT2D eigenvalue weighted by Crippen LogP contribution is 2.58. The van der Waals surface area contributed by atoms with Crippen LogP contribution < -0.4 is 34.3 Å². The number of carbonyl (C=O) groups is 2. The van der Waals surface area contributed by atoms with Gasteiger partial charge in [-0.05, 0) is 73.4 Å². The molecule has 14 nitrogen and oxygen atoms in total. The van der Waals surface area contributed by atoms with Crippen LogP contribution in [0.4, 0.5) is 5.69 Å². The Morgan fingerprint density at radius 2 is 1.67 bits per heavy atom. The number of rotatable bonds is 15. The summed E-state index contributed by atoms with van der Waals surface area (Å²) in [6.07, 6.45) is 4.74. The monoisotopic (exact) mass is 861 g/mol. The molecule has 14 heteroatoms. The molecule has 0 radical (unpaired) electrons. The second-order valence-corrected chi connectivity index (χ2v) is 17.2. The van der Waals surface area contributed by atoms with Crippen LogP contribution in [0.2, 0.25) is 0 Å². The summed E-state index contributed by atoms with van der Waals surface area (Å²) in [5, 5.41) is 53.0. The predicted octanol–water partition coefficient (Wildman–Crippen LogP) is 5.79. The van der Waals surface area contributed by atoms with Crippen LogP contribution in [0.3, 0.4) is 0 Å². The van der Waals surface area contributed by atoms with Gasteiger partial charge in [0.05, 0.1) is 39.1 Å². The fraction of sp³-hybridized carbons (Fsp3) is 0.429. The van der Waals surface area contributed by atoms with E-state index in [-0.39, 0.29) is 61.5 Å². The van der Waals surface area contributed by atoms with Crippen LogP contribution in [-0.2, 0) is 27.8 Å². The average Bonchev–Trinajstić information content (AvgIpc) is 3.61. The van der Waals surface area contributed by atoms with Crippen molar-refractivity contribution in [3.8, 4) is 45.6 Å². The van der Waals surface area contributed by atoms with Crippen LogP contribution in [0.1, 0.15) is 84.2 Å². The van der Waals surface area contributed by atoms with Gasteiger partial charge in [0.2, 0.25) is 5.75 Å². The number of methoxy groups -OCH3 is 2. The van der Waals surface area contributed by atoms with E-state index < -0.39 is 29.6 Å². The number of aliphatic hydroxyl groups excluding tert-OH is 3. The Morgan fingerprint density at radius 1 is 0.921 bits per heavy atom. The molecule has 0 aromatic heterocycles. The summed E-state index contributed by atoms with van der Waals surface area (Å²) >= 11 is 0. The van der Waals surface area contributed by atoms with E-state index in [4.69, 9.17) is 23.7 Å². The van der Waals surface area contributed by atoms with Crippen molar-refractivity contribution in [1.82, 2.24) is 10.2 Å². The fourth-order valence-electron chi connectivity index (χ4n) is 10.8. The number of hydrogen-bond donors (Lipinski definition) is 6. The Balaban J connectivity index is 1.03. The van der Waals surface area contributed by atoms with Gasteiger partial charge in [0, 0.05) is 82.6 Å². The third kappa shape index (κ3) is 7.42. The van der Waals surface area contributed by atoms with Gasteiger partial charge < -0.3 is 49.4 Å². The third-order valence-corrected chi connectivity index (χ3v) is 13.9. The third-order valence-electron chi connectivity index (χ3n) is 13.9. The number of amides is 2. The molecule has 1 fully saturated rings. The van der Waals surface area contributed by atoms with Crippen LogP contribution in [0.5, 0.6) is 34.5 Å². The summed E-state index contributed by atoms with van der Waals surface area (Å²) in [6, 6.07) is 17.1. The smallest absolute Gasteiger partial charge is 0.253 e. The molecule has 2 amide bonds. The SMILES string of the molecule is CCNCOc1cc(OC)c2c3c1[C@H](O)Nc1cc4c(c(c1-3)CC2)[C@@H](O)[C@H](c1cc(OC)c(O)c(OC[C@H](CO)[C@@]2(c3ccccc3)CCC[C@H](CN3C(=O)C=CC3=O)C2)c1)CO4. The molecular weight excluding hydrogens is 807 g/mol. The van der Waals surface area contributed by atoms with E-state index in [1.807, 2.05) is 37.3 Å². The lowest BCUT2D eigenvalue weighted by Gasteiger charge is -2.46. The number of phenolic OH excluding ortho intramolecular Hbond substituents is 1. The lowest BCUT2D eigenvalue weighted by Crippen LogP contribution is -2.47. The maximum Gasteiger partial charge on any atom is 0.253 e. The second-order valence-electron chi connectivity index (χ2n) is 17.2. The van der Waals surface area contributed by atoms with Crippen molar-refractivity contribution >= 4 is 17.5 Å². The number of hydrogen-bond acceptors (Lipinski definition) is 13. The molecule has 3 heterocycles. The number of phenols is 1. The number of ether oxygens (including phenoxy) is 5. The molecule has 5 aliphatic rings. The average molecular weight is 862 g/mol. The van der Waals surface area contributed by atoms with E-state index in [1.165, 1.54) is 24.2 Å². The number of anilines is 1. The number of aliphatic hydroxyl groups is 3. The minimum atomic E-state index is -1.06. The van der Waals surface area contributed by atoms with Crippen LogP contribution in [0, 0.1) is 11.8 Å². The summed E-state index contributed by atoms with van der Waals surface area (Å²) in [5.41, 5.74) is 6.60. The first-order valence-corrected chi connectivity index (χ1v) is 21.9. The maximum absolute atomic E-state index is 12.5. The van der Waals surface area contributed by atoms with Crippen molar-refractivity contribution in [2.45, 2.75) is 69.1 Å². The zero-order valence-corrected chi connectivity index (χ0v) is 35.8. The highest BCUT2D eigenvalue weighted by molar-refractivity contribution is 6.12. The molecule has 0 bridgehead atoms. The predicted molar refractivity (Wildman–Crippen MR) is 233 cm³/mol. The minimum Gasteiger partial charge on any atom is -0.502 e. The zero-order valence-electron chi connectivity index (χ0n) is 35.8. The first-order chi connectivity index (χ1) is 30.6. The number of fused-ring (bicyclic) bond motifs is 2. The first-order valence-electron chi connectivity index (χ1n) is 21.9. The fourth-order valence-corrected chi connectivity index (χ4v) is 10.8. The quantitative estimate of drug-likeness (QED) is 0.0480. The molecule has 0 unspecified atom stereocenters. The Morgan fingerprint density at radius 3 is 2.40 bits per heavy atom. The molecule has 332 valence electrons. The van der Waals surface area contributed by atoms with Gasteiger partial charge >= 0.3 is 0 Å². The number of nitrogens with zero attached hydrogens (tertiary/aromatic N) is 1. The van der Waals surface area contributed by atoms with Crippen molar-refractivity contribution < 1.29 is 53.7 Å². The molecule has 6 atom stereocenters. The normalized spacial score (nSPS) is 23.6. The van der Waals surface area contributed by atoms with Gasteiger partial charge in [0.1, 0.15) is 24.0 Å². The van der Waals surface area contributed by atoms with Crippen molar-refractivity contribution in [3.63, 3.8) is 0 Å². The van der Waals surface area contributed by atoms with Gasteiger partial charge in [-0.25, -0.2) is 0 Å². The second kappa shape index (κ2) is 17.4. The largest absolute Gasteiger partial charge is 0.502 e. The standard InChI is InChI=1S/C49H55N3O11/c1-4-50-26-63-37-20-35(59-2)31-12-13-32-42-34(51-48(58)45(37)44(31)42)19-36-43(32)46(56)33(25-62-36)28-17-38(60-3)47(57)39(18-28)61-24-30(23-53)49(29-10-6-5-7-11-29)16-8-9-27(21-49)22-52-40(54)14-15-41(52)55/h5-7,10-11,14-15,17-20,27,30,33,46,48,50-51,53,56-58H,4,8-9,12-13,16,21-26H2,1-3H3/t27-,30-,33-,46-,48-,49-/m0/s1. The summed E-state index contributed by atoms with van der Waals surface area (Å²) in [4.78, 5) is 26.4. The van der Waals surface area contributed by atoms with Crippen LogP contribution in [-0.4, -0.2) is 91.0 Å². The lowest BCUT2D eigenvalue weighted by atomic mass is 9.59. The molecule has 0 saturated heterocycles. The zero-order chi connectivity index (χ0) is 44.0. The van der Waals surface area contributed by atoms with Crippen LogP contribution in [0.15, 0.2) is 66.7 Å². The summed E-state index contributed by atoms with van der Waals surface area (Å²) in [7, 11) is 3.08. The first kappa shape index (κ1) is 42.5. The Kier molecular flexibility index (Phi) is 11.7. The number of carbonyl (C=O) groups excluding carboxylic acids is 2.